The highest BCUT2D eigenvalue weighted by molar-refractivity contribution is 6.11. The minimum atomic E-state index is -1.66. The van der Waals surface area contributed by atoms with Gasteiger partial charge in [0, 0.05) is 16.7 Å². The van der Waals surface area contributed by atoms with E-state index in [-0.39, 0.29) is 29.6 Å². The van der Waals surface area contributed by atoms with Crippen molar-refractivity contribution >= 4 is 5.78 Å². The molecule has 0 bridgehead atoms. The number of ketones is 1. The second kappa shape index (κ2) is 6.98. The van der Waals surface area contributed by atoms with E-state index in [1.165, 1.54) is 34.3 Å². The minimum absolute atomic E-state index is 0.0274. The second-order valence-electron chi connectivity index (χ2n) is 7.64. The number of benzene rings is 2. The number of hydrogen-bond acceptors (Lipinski definition) is 8. The van der Waals surface area contributed by atoms with Crippen LogP contribution in [0.5, 0.6) is 34.5 Å². The van der Waals surface area contributed by atoms with Crippen molar-refractivity contribution in [3.8, 4) is 45.6 Å². The quantitative estimate of drug-likeness (QED) is 0.787. The molecule has 2 aliphatic rings. The van der Waals surface area contributed by atoms with Crippen LogP contribution in [0.2, 0.25) is 0 Å². The number of fused-ring (bicyclic) bond motifs is 4. The molecule has 1 aliphatic carbocycles. The molecule has 1 heterocycles. The first kappa shape index (κ1) is 20.2. The van der Waals surface area contributed by atoms with E-state index in [0.717, 1.165) is 0 Å². The maximum Gasteiger partial charge on any atom is 0.231 e. The molecular formula is C22H24O8. The molecule has 2 atom stereocenters. The highest BCUT2D eigenvalue weighted by Gasteiger charge is 2.44. The van der Waals surface area contributed by atoms with E-state index in [4.69, 9.17) is 23.7 Å². The lowest BCUT2D eigenvalue weighted by Crippen LogP contribution is -2.43. The summed E-state index contributed by atoms with van der Waals surface area (Å²) in [7, 11) is 4.34. The summed E-state index contributed by atoms with van der Waals surface area (Å²) in [6, 6.07) is 3.26. The van der Waals surface area contributed by atoms with E-state index in [1.54, 1.807) is 13.0 Å². The Kier molecular flexibility index (Phi) is 4.69. The Balaban J connectivity index is 2.18. The highest BCUT2D eigenvalue weighted by atomic mass is 16.7. The summed E-state index contributed by atoms with van der Waals surface area (Å²) in [5, 5.41) is 22.3. The second-order valence-corrected chi connectivity index (χ2v) is 7.64. The smallest absolute Gasteiger partial charge is 0.231 e. The number of hydrogen-bond donors (Lipinski definition) is 2. The Bertz CT molecular complexity index is 1040. The third-order valence-electron chi connectivity index (χ3n) is 5.99. The summed E-state index contributed by atoms with van der Waals surface area (Å²) in [6.45, 7) is 3.25. The molecule has 160 valence electrons. The molecule has 0 amide bonds. The van der Waals surface area contributed by atoms with E-state index < -0.39 is 17.3 Å². The third-order valence-corrected chi connectivity index (χ3v) is 5.99. The van der Waals surface area contributed by atoms with Gasteiger partial charge in [0.25, 0.3) is 0 Å². The van der Waals surface area contributed by atoms with Crippen molar-refractivity contribution in [2.45, 2.75) is 25.9 Å². The molecule has 0 radical (unpaired) electrons. The molecule has 0 aromatic heterocycles. The van der Waals surface area contributed by atoms with Gasteiger partial charge in [-0.05, 0) is 37.0 Å². The molecule has 30 heavy (non-hydrogen) atoms. The topological polar surface area (TPSA) is 104 Å². The maximum absolute atomic E-state index is 13.4. The number of phenolic OH excluding ortho intramolecular Hbond substituents is 1. The first-order valence-corrected chi connectivity index (χ1v) is 9.51. The molecule has 2 aromatic carbocycles. The van der Waals surface area contributed by atoms with Gasteiger partial charge < -0.3 is 33.9 Å². The van der Waals surface area contributed by atoms with Gasteiger partial charge in [-0.2, -0.15) is 0 Å². The van der Waals surface area contributed by atoms with Gasteiger partial charge in [0.2, 0.25) is 18.3 Å². The van der Waals surface area contributed by atoms with Gasteiger partial charge >= 0.3 is 0 Å². The summed E-state index contributed by atoms with van der Waals surface area (Å²) in [5.41, 5.74) is -0.144. The van der Waals surface area contributed by atoms with Crippen LogP contribution in [0.4, 0.5) is 0 Å². The van der Waals surface area contributed by atoms with Crippen LogP contribution in [0.25, 0.3) is 11.1 Å². The number of carbonyl (C=O) groups is 1. The zero-order valence-corrected chi connectivity index (χ0v) is 17.5. The fourth-order valence-electron chi connectivity index (χ4n) is 4.13. The molecule has 0 saturated heterocycles. The standard InChI is InChI=1S/C22H24O8/c1-10-6-11-7-13(26-3)18(27-4)17(23)15(11)16-12(21(24)22(10,2)25)8-14-19(20(16)28-5)30-9-29-14/h7-8,10,23,25H,6,9H2,1-5H3. The SMILES string of the molecule is COc1cc2c(c(O)c1OC)-c1c(cc3c(c1OC)OCO3)C(=O)C(C)(O)C(C)C2. The molecule has 0 spiro atoms. The molecule has 2 aromatic rings. The summed E-state index contributed by atoms with van der Waals surface area (Å²) in [5.74, 6) is 0.242. The van der Waals surface area contributed by atoms with Crippen molar-refractivity contribution in [3.63, 3.8) is 0 Å². The number of carbonyl (C=O) groups excluding carboxylic acids is 1. The Labute approximate surface area is 173 Å². The normalized spacial score (nSPS) is 21.9. The van der Waals surface area contributed by atoms with Crippen molar-refractivity contribution in [3.05, 3.63) is 23.3 Å². The number of rotatable bonds is 3. The van der Waals surface area contributed by atoms with E-state index in [9.17, 15) is 15.0 Å². The van der Waals surface area contributed by atoms with E-state index >= 15 is 0 Å². The van der Waals surface area contributed by atoms with Crippen LogP contribution < -0.4 is 23.7 Å². The van der Waals surface area contributed by atoms with Crippen molar-refractivity contribution in [2.75, 3.05) is 28.1 Å². The summed E-state index contributed by atoms with van der Waals surface area (Å²) >= 11 is 0. The average molecular weight is 416 g/mol. The fraction of sp³-hybridized carbons (Fsp3) is 0.409. The third kappa shape index (κ3) is 2.67. The predicted molar refractivity (Wildman–Crippen MR) is 107 cm³/mol. The van der Waals surface area contributed by atoms with Crippen LogP contribution in [0, 0.1) is 5.92 Å². The van der Waals surface area contributed by atoms with Gasteiger partial charge in [0.15, 0.2) is 28.8 Å². The number of methoxy groups -OCH3 is 3. The Morgan fingerprint density at radius 2 is 1.77 bits per heavy atom. The number of aliphatic hydroxyl groups is 1. The largest absolute Gasteiger partial charge is 0.504 e. The van der Waals surface area contributed by atoms with Crippen LogP contribution in [0.15, 0.2) is 12.1 Å². The van der Waals surface area contributed by atoms with Gasteiger partial charge in [-0.1, -0.05) is 6.92 Å². The van der Waals surface area contributed by atoms with Crippen LogP contribution in [0.1, 0.15) is 29.8 Å². The molecule has 4 rings (SSSR count). The highest BCUT2D eigenvalue weighted by Crippen LogP contribution is 2.56. The van der Waals surface area contributed by atoms with Crippen molar-refractivity contribution < 1.29 is 38.7 Å². The summed E-state index contributed by atoms with van der Waals surface area (Å²) < 4.78 is 27.4. The number of phenols is 1. The minimum Gasteiger partial charge on any atom is -0.504 e. The Morgan fingerprint density at radius 1 is 1.07 bits per heavy atom. The Hall–Kier alpha value is -3.13. The van der Waals surface area contributed by atoms with Gasteiger partial charge in [-0.25, -0.2) is 0 Å². The zero-order valence-electron chi connectivity index (χ0n) is 17.5. The van der Waals surface area contributed by atoms with Crippen LogP contribution in [-0.4, -0.2) is 49.7 Å². The maximum atomic E-state index is 13.4. The monoisotopic (exact) mass is 416 g/mol. The molecule has 0 fully saturated rings. The van der Waals surface area contributed by atoms with Crippen LogP contribution in [-0.2, 0) is 6.42 Å². The predicted octanol–water partition coefficient (Wildman–Crippen LogP) is 2.94. The first-order valence-electron chi connectivity index (χ1n) is 9.51. The van der Waals surface area contributed by atoms with Crippen LogP contribution in [0.3, 0.4) is 0 Å². The summed E-state index contributed by atoms with van der Waals surface area (Å²) in [6.07, 6.45) is 0.305. The number of aromatic hydroxyl groups is 1. The Morgan fingerprint density at radius 3 is 2.40 bits per heavy atom. The number of Topliss-reactive ketones (excluding diaryl/α,β-unsaturated/α-hetero) is 1. The van der Waals surface area contributed by atoms with Gasteiger partial charge in [-0.15, -0.1) is 0 Å². The van der Waals surface area contributed by atoms with Gasteiger partial charge in [0.1, 0.15) is 5.60 Å². The van der Waals surface area contributed by atoms with Crippen molar-refractivity contribution in [1.29, 1.82) is 0 Å². The van der Waals surface area contributed by atoms with E-state index in [0.29, 0.717) is 40.4 Å². The van der Waals surface area contributed by atoms with Crippen LogP contribution >= 0.6 is 0 Å². The molecule has 8 heteroatoms. The number of ether oxygens (including phenoxy) is 5. The lowest BCUT2D eigenvalue weighted by atomic mass is 9.74. The molecule has 2 N–H and O–H groups in total. The first-order chi connectivity index (χ1) is 14.3. The van der Waals surface area contributed by atoms with Gasteiger partial charge in [-0.3, -0.25) is 4.79 Å². The molecule has 2 unspecified atom stereocenters. The lowest BCUT2D eigenvalue weighted by molar-refractivity contribution is 0.0129. The zero-order chi connectivity index (χ0) is 21.8. The summed E-state index contributed by atoms with van der Waals surface area (Å²) in [4.78, 5) is 13.4. The van der Waals surface area contributed by atoms with E-state index in [2.05, 4.69) is 0 Å². The lowest BCUT2D eigenvalue weighted by Gasteiger charge is -2.34. The van der Waals surface area contributed by atoms with Crippen molar-refractivity contribution in [1.82, 2.24) is 0 Å². The molecular weight excluding hydrogens is 392 g/mol. The molecule has 8 nitrogen and oxygen atoms in total. The molecule has 0 saturated carbocycles. The average Bonchev–Trinajstić information content (AvgIpc) is 3.19. The molecule has 1 aliphatic heterocycles. The van der Waals surface area contributed by atoms with Crippen molar-refractivity contribution in [2.24, 2.45) is 5.92 Å². The van der Waals surface area contributed by atoms with Gasteiger partial charge in [0.05, 0.1) is 21.3 Å². The fourth-order valence-corrected chi connectivity index (χ4v) is 4.13. The van der Waals surface area contributed by atoms with E-state index in [1.807, 2.05) is 0 Å².